The zero-order valence-corrected chi connectivity index (χ0v) is 21.6. The predicted octanol–water partition coefficient (Wildman–Crippen LogP) is 6.67. The number of carbonyl (C=O) groups excluding carboxylic acids is 2. The molecule has 5 aliphatic rings. The molecule has 0 spiro atoms. The van der Waals surface area contributed by atoms with Crippen molar-refractivity contribution in [2.75, 3.05) is 19.8 Å². The van der Waals surface area contributed by atoms with E-state index in [-0.39, 0.29) is 29.7 Å². The smallest absolute Gasteiger partial charge is 0.293 e. The Morgan fingerprint density at radius 3 is 2.33 bits per heavy atom. The minimum absolute atomic E-state index is 0.225. The van der Waals surface area contributed by atoms with Crippen molar-refractivity contribution in [3.8, 4) is 11.5 Å². The van der Waals surface area contributed by atoms with Crippen molar-refractivity contribution in [1.29, 1.82) is 0 Å². The van der Waals surface area contributed by atoms with Crippen LogP contribution in [0.15, 0.2) is 53.4 Å². The maximum atomic E-state index is 13.2. The van der Waals surface area contributed by atoms with Gasteiger partial charge in [0.1, 0.15) is 18.1 Å². The number of carbonyl (C=O) groups is 2. The van der Waals surface area contributed by atoms with Gasteiger partial charge in [-0.3, -0.25) is 14.5 Å². The maximum Gasteiger partial charge on any atom is 0.293 e. The van der Waals surface area contributed by atoms with Crippen LogP contribution in [0.4, 0.5) is 4.79 Å². The molecule has 0 radical (unpaired) electrons. The third-order valence-electron chi connectivity index (χ3n) is 8.45. The lowest BCUT2D eigenvalue weighted by atomic mass is 9.48. The number of hydrogen-bond donors (Lipinski definition) is 0. The van der Waals surface area contributed by atoms with E-state index in [1.807, 2.05) is 43.3 Å². The average molecular weight is 504 g/mol. The molecule has 0 unspecified atom stereocenters. The predicted molar refractivity (Wildman–Crippen MR) is 142 cm³/mol. The van der Waals surface area contributed by atoms with Gasteiger partial charge in [-0.1, -0.05) is 24.3 Å². The van der Waals surface area contributed by atoms with Gasteiger partial charge in [-0.2, -0.15) is 0 Å². The summed E-state index contributed by atoms with van der Waals surface area (Å²) in [5, 5.41) is -0.252. The minimum Gasteiger partial charge on any atom is -0.493 e. The van der Waals surface area contributed by atoms with Gasteiger partial charge in [0, 0.05) is 5.56 Å². The molecule has 188 valence electrons. The second-order valence-corrected chi connectivity index (χ2v) is 11.9. The van der Waals surface area contributed by atoms with E-state index in [2.05, 4.69) is 18.2 Å². The SMILES string of the molecule is CCOc1ccc(C23CC4CC(CC(C4)C2)C3)cc1/C=C1/SC(=O)N(CCOc2ccccc2)C1=O. The second-order valence-electron chi connectivity index (χ2n) is 10.9. The normalized spacial score (nSPS) is 29.9. The van der Waals surface area contributed by atoms with E-state index in [1.54, 1.807) is 0 Å². The molecule has 1 saturated heterocycles. The van der Waals surface area contributed by atoms with Gasteiger partial charge in [-0.15, -0.1) is 0 Å². The van der Waals surface area contributed by atoms with Gasteiger partial charge in [0.05, 0.1) is 18.1 Å². The molecule has 4 saturated carbocycles. The van der Waals surface area contributed by atoms with Gasteiger partial charge >= 0.3 is 0 Å². The summed E-state index contributed by atoms with van der Waals surface area (Å²) in [5.41, 5.74) is 2.54. The third kappa shape index (κ3) is 4.45. The van der Waals surface area contributed by atoms with Crippen molar-refractivity contribution in [1.82, 2.24) is 4.90 Å². The first-order chi connectivity index (χ1) is 17.5. The zero-order chi connectivity index (χ0) is 24.7. The molecule has 1 heterocycles. The molecule has 1 aliphatic heterocycles. The number of rotatable bonds is 8. The summed E-state index contributed by atoms with van der Waals surface area (Å²) in [4.78, 5) is 27.6. The van der Waals surface area contributed by atoms with Crippen LogP contribution in [0, 0.1) is 17.8 Å². The first-order valence-corrected chi connectivity index (χ1v) is 14.1. The average Bonchev–Trinajstić information content (AvgIpc) is 3.12. The van der Waals surface area contributed by atoms with Crippen molar-refractivity contribution in [3.05, 3.63) is 64.6 Å². The van der Waals surface area contributed by atoms with Crippen molar-refractivity contribution < 1.29 is 19.1 Å². The number of nitrogens with zero attached hydrogens (tertiary/aromatic N) is 1. The largest absolute Gasteiger partial charge is 0.493 e. The highest BCUT2D eigenvalue weighted by atomic mass is 32.2. The number of amides is 2. The van der Waals surface area contributed by atoms with E-state index >= 15 is 0 Å². The number of hydrogen-bond acceptors (Lipinski definition) is 5. The highest BCUT2D eigenvalue weighted by molar-refractivity contribution is 8.18. The topological polar surface area (TPSA) is 55.8 Å². The molecule has 2 aromatic rings. The summed E-state index contributed by atoms with van der Waals surface area (Å²) in [6, 6.07) is 16.0. The van der Waals surface area contributed by atoms with Crippen molar-refractivity contribution >= 4 is 29.0 Å². The number of imide groups is 1. The standard InChI is InChI=1S/C30H33NO4S/c1-2-34-26-9-8-24(30-17-20-12-21(18-30)14-22(13-20)19-30)15-23(26)16-27-28(32)31(29(33)36-27)10-11-35-25-6-4-3-5-7-25/h3-9,15-16,20-22H,2,10-14,17-19H2,1H3/b27-16+. The van der Waals surface area contributed by atoms with Crippen molar-refractivity contribution in [2.24, 2.45) is 17.8 Å². The molecule has 6 heteroatoms. The van der Waals surface area contributed by atoms with Crippen LogP contribution < -0.4 is 9.47 Å². The number of benzene rings is 2. The fourth-order valence-corrected chi connectivity index (χ4v) is 8.20. The van der Waals surface area contributed by atoms with Crippen LogP contribution in [0.1, 0.15) is 56.6 Å². The Bertz CT molecular complexity index is 1160. The quantitative estimate of drug-likeness (QED) is 0.377. The van der Waals surface area contributed by atoms with Gasteiger partial charge in [0.15, 0.2) is 0 Å². The molecular formula is C30H33NO4S. The minimum atomic E-state index is -0.260. The molecule has 2 amide bonds. The lowest BCUT2D eigenvalue weighted by molar-refractivity contribution is -0.123. The molecule has 2 aromatic carbocycles. The molecule has 5 nitrogen and oxygen atoms in total. The van der Waals surface area contributed by atoms with E-state index in [1.165, 1.54) is 49.0 Å². The number of ether oxygens (including phenoxy) is 2. The molecule has 4 bridgehead atoms. The molecule has 0 atom stereocenters. The van der Waals surface area contributed by atoms with Gasteiger partial charge in [0.2, 0.25) is 0 Å². The number of para-hydroxylation sites is 1. The van der Waals surface area contributed by atoms with Gasteiger partial charge < -0.3 is 9.47 Å². The van der Waals surface area contributed by atoms with Crippen LogP contribution in [-0.2, 0) is 10.2 Å². The fourth-order valence-electron chi connectivity index (χ4n) is 7.35. The Morgan fingerprint density at radius 1 is 0.972 bits per heavy atom. The number of thioether (sulfide) groups is 1. The molecule has 4 aliphatic carbocycles. The zero-order valence-electron chi connectivity index (χ0n) is 20.8. The van der Waals surface area contributed by atoms with Gasteiger partial charge in [0.25, 0.3) is 11.1 Å². The van der Waals surface area contributed by atoms with Crippen molar-refractivity contribution in [3.63, 3.8) is 0 Å². The molecular weight excluding hydrogens is 470 g/mol. The van der Waals surface area contributed by atoms with E-state index in [4.69, 9.17) is 9.47 Å². The Balaban J connectivity index is 1.23. The van der Waals surface area contributed by atoms with Crippen LogP contribution in [0.5, 0.6) is 11.5 Å². The monoisotopic (exact) mass is 503 g/mol. The fraction of sp³-hybridized carbons (Fsp3) is 0.467. The lowest BCUT2D eigenvalue weighted by Crippen LogP contribution is -2.48. The van der Waals surface area contributed by atoms with E-state index < -0.39 is 0 Å². The molecule has 0 N–H and O–H groups in total. The van der Waals surface area contributed by atoms with E-state index in [0.717, 1.165) is 46.6 Å². The maximum absolute atomic E-state index is 13.2. The molecule has 36 heavy (non-hydrogen) atoms. The summed E-state index contributed by atoms with van der Waals surface area (Å²) in [7, 11) is 0. The van der Waals surface area contributed by atoms with Crippen LogP contribution in [0.2, 0.25) is 0 Å². The summed E-state index contributed by atoms with van der Waals surface area (Å²) >= 11 is 1.00. The Kier molecular flexibility index (Phi) is 6.32. The Hall–Kier alpha value is -2.73. The van der Waals surface area contributed by atoms with Gasteiger partial charge in [-0.05, 0) is 116 Å². The first-order valence-electron chi connectivity index (χ1n) is 13.2. The van der Waals surface area contributed by atoms with Crippen LogP contribution >= 0.6 is 11.8 Å². The highest BCUT2D eigenvalue weighted by Gasteiger charge is 2.51. The Labute approximate surface area is 217 Å². The summed E-state index contributed by atoms with van der Waals surface area (Å²) in [6.07, 6.45) is 9.93. The van der Waals surface area contributed by atoms with Crippen LogP contribution in [-0.4, -0.2) is 35.8 Å². The summed E-state index contributed by atoms with van der Waals surface area (Å²) in [6.45, 7) is 3.01. The Morgan fingerprint density at radius 2 is 1.67 bits per heavy atom. The van der Waals surface area contributed by atoms with Crippen LogP contribution in [0.3, 0.4) is 0 Å². The summed E-state index contributed by atoms with van der Waals surface area (Å²) < 4.78 is 11.6. The van der Waals surface area contributed by atoms with Crippen molar-refractivity contribution in [2.45, 2.75) is 50.9 Å². The molecule has 7 rings (SSSR count). The molecule has 5 fully saturated rings. The van der Waals surface area contributed by atoms with E-state index in [0.29, 0.717) is 11.5 Å². The van der Waals surface area contributed by atoms with Gasteiger partial charge in [-0.25, -0.2) is 0 Å². The lowest BCUT2D eigenvalue weighted by Gasteiger charge is -2.57. The third-order valence-corrected chi connectivity index (χ3v) is 9.35. The van der Waals surface area contributed by atoms with Crippen LogP contribution in [0.25, 0.3) is 6.08 Å². The van der Waals surface area contributed by atoms with E-state index in [9.17, 15) is 9.59 Å². The second kappa shape index (κ2) is 9.62. The molecule has 0 aromatic heterocycles. The summed E-state index contributed by atoms with van der Waals surface area (Å²) in [5.74, 6) is 3.82. The first kappa shape index (κ1) is 23.7. The highest BCUT2D eigenvalue weighted by Crippen LogP contribution is 2.61.